The topological polar surface area (TPSA) is 52.3 Å². The third kappa shape index (κ3) is 2.77. The number of carbonyl (C=O) groups excluding carboxylic acids is 1. The van der Waals surface area contributed by atoms with E-state index < -0.39 is 5.97 Å². The van der Waals surface area contributed by atoms with Gasteiger partial charge in [-0.05, 0) is 37.3 Å². The molecular formula is C23H15NO3S. The Balaban J connectivity index is 1.53. The number of hydrogen-bond acceptors (Lipinski definition) is 5. The van der Waals surface area contributed by atoms with E-state index in [1.807, 2.05) is 73.7 Å². The van der Waals surface area contributed by atoms with Crippen LogP contribution in [0.1, 0.15) is 16.1 Å². The molecule has 4 nitrogen and oxygen atoms in total. The van der Waals surface area contributed by atoms with Crippen LogP contribution in [0.2, 0.25) is 0 Å². The molecule has 0 spiro atoms. The van der Waals surface area contributed by atoms with Crippen molar-refractivity contribution in [2.24, 2.45) is 0 Å². The lowest BCUT2D eigenvalue weighted by molar-refractivity contribution is 0.0703. The van der Waals surface area contributed by atoms with E-state index in [0.717, 1.165) is 31.7 Å². The van der Waals surface area contributed by atoms with E-state index in [0.29, 0.717) is 11.3 Å². The molecule has 0 N–H and O–H groups in total. The predicted octanol–water partition coefficient (Wildman–Crippen LogP) is 6.24. The van der Waals surface area contributed by atoms with E-state index in [-0.39, 0.29) is 5.76 Å². The second-order valence-corrected chi connectivity index (χ2v) is 7.46. The third-order valence-corrected chi connectivity index (χ3v) is 5.71. The summed E-state index contributed by atoms with van der Waals surface area (Å²) in [6, 6.07) is 23.0. The second kappa shape index (κ2) is 6.62. The highest BCUT2D eigenvalue weighted by atomic mass is 32.1. The number of hydrogen-bond donors (Lipinski definition) is 0. The number of fused-ring (bicyclic) bond motifs is 2. The monoisotopic (exact) mass is 385 g/mol. The van der Waals surface area contributed by atoms with Gasteiger partial charge in [-0.15, -0.1) is 11.3 Å². The van der Waals surface area contributed by atoms with Crippen molar-refractivity contribution in [1.82, 2.24) is 4.98 Å². The summed E-state index contributed by atoms with van der Waals surface area (Å²) in [5, 5.41) is 1.72. The van der Waals surface area contributed by atoms with E-state index in [1.54, 1.807) is 17.4 Å². The van der Waals surface area contributed by atoms with Crippen molar-refractivity contribution < 1.29 is 13.9 Å². The van der Waals surface area contributed by atoms with Gasteiger partial charge in [-0.25, -0.2) is 9.78 Å². The number of thiazole rings is 1. The zero-order chi connectivity index (χ0) is 19.1. The number of aryl methyl sites for hydroxylation is 1. The molecule has 0 aliphatic rings. The van der Waals surface area contributed by atoms with E-state index in [4.69, 9.17) is 9.15 Å². The second-order valence-electron chi connectivity index (χ2n) is 6.42. The molecule has 0 aliphatic heterocycles. The molecule has 0 saturated carbocycles. The normalized spacial score (nSPS) is 11.2. The number of carbonyl (C=O) groups is 1. The summed E-state index contributed by atoms with van der Waals surface area (Å²) in [4.78, 5) is 17.5. The van der Waals surface area contributed by atoms with Crippen LogP contribution in [0.5, 0.6) is 5.75 Å². The molecule has 5 heteroatoms. The van der Waals surface area contributed by atoms with Crippen molar-refractivity contribution in [2.75, 3.05) is 0 Å². The Labute approximate surface area is 165 Å². The van der Waals surface area contributed by atoms with Crippen molar-refractivity contribution in [3.8, 4) is 16.3 Å². The van der Waals surface area contributed by atoms with Crippen molar-refractivity contribution >= 4 is 38.5 Å². The van der Waals surface area contributed by atoms with Crippen molar-refractivity contribution in [3.63, 3.8) is 0 Å². The van der Waals surface area contributed by atoms with Crippen LogP contribution in [0.4, 0.5) is 0 Å². The van der Waals surface area contributed by atoms with Crippen molar-refractivity contribution in [1.29, 1.82) is 0 Å². The summed E-state index contributed by atoms with van der Waals surface area (Å²) in [6.07, 6.45) is 0. The molecule has 0 bridgehead atoms. The molecule has 0 unspecified atom stereocenters. The van der Waals surface area contributed by atoms with Crippen LogP contribution >= 0.6 is 11.3 Å². The van der Waals surface area contributed by atoms with E-state index in [9.17, 15) is 4.79 Å². The maximum atomic E-state index is 12.8. The fraction of sp³-hybridized carbons (Fsp3) is 0.0435. The maximum Gasteiger partial charge on any atom is 0.379 e. The van der Waals surface area contributed by atoms with Gasteiger partial charge in [0.1, 0.15) is 16.3 Å². The van der Waals surface area contributed by atoms with Gasteiger partial charge in [-0.2, -0.15) is 0 Å². The molecule has 0 atom stereocenters. The summed E-state index contributed by atoms with van der Waals surface area (Å²) in [7, 11) is 0. The molecule has 136 valence electrons. The van der Waals surface area contributed by atoms with Crippen LogP contribution in [-0.4, -0.2) is 11.0 Å². The Bertz CT molecular complexity index is 1300. The largest absolute Gasteiger partial charge is 0.449 e. The summed E-state index contributed by atoms with van der Waals surface area (Å²) < 4.78 is 12.6. The Morgan fingerprint density at radius 2 is 1.71 bits per heavy atom. The van der Waals surface area contributed by atoms with Crippen molar-refractivity contribution in [3.05, 3.63) is 84.1 Å². The molecule has 28 heavy (non-hydrogen) atoms. The lowest BCUT2D eigenvalue weighted by Gasteiger charge is -2.07. The molecule has 2 aromatic heterocycles. The minimum atomic E-state index is -0.512. The minimum Gasteiger partial charge on any atom is -0.449 e. The summed E-state index contributed by atoms with van der Waals surface area (Å²) >= 11 is 1.57. The lowest BCUT2D eigenvalue weighted by atomic mass is 10.1. The van der Waals surface area contributed by atoms with Gasteiger partial charge in [0.15, 0.2) is 0 Å². The molecule has 2 heterocycles. The predicted molar refractivity (Wildman–Crippen MR) is 111 cm³/mol. The highest BCUT2D eigenvalue weighted by Gasteiger charge is 2.21. The molecule has 0 aliphatic carbocycles. The van der Waals surface area contributed by atoms with Crippen LogP contribution in [-0.2, 0) is 0 Å². The highest BCUT2D eigenvalue weighted by Crippen LogP contribution is 2.36. The Hall–Kier alpha value is -3.44. The Kier molecular flexibility index (Phi) is 3.95. The minimum absolute atomic E-state index is 0.223. The van der Waals surface area contributed by atoms with Gasteiger partial charge < -0.3 is 9.15 Å². The van der Waals surface area contributed by atoms with Crippen molar-refractivity contribution in [2.45, 2.75) is 6.92 Å². The summed E-state index contributed by atoms with van der Waals surface area (Å²) in [5.41, 5.74) is 3.16. The molecule has 5 aromatic rings. The van der Waals surface area contributed by atoms with E-state index in [2.05, 4.69) is 4.98 Å². The van der Waals surface area contributed by atoms with Gasteiger partial charge in [0, 0.05) is 10.9 Å². The number of nitrogens with zero attached hydrogens (tertiary/aromatic N) is 1. The Morgan fingerprint density at radius 3 is 2.57 bits per heavy atom. The summed E-state index contributed by atoms with van der Waals surface area (Å²) in [6.45, 7) is 1.86. The van der Waals surface area contributed by atoms with Gasteiger partial charge in [-0.1, -0.05) is 42.5 Å². The maximum absolute atomic E-state index is 12.8. The van der Waals surface area contributed by atoms with Crippen LogP contribution in [0.3, 0.4) is 0 Å². The lowest BCUT2D eigenvalue weighted by Crippen LogP contribution is -2.09. The zero-order valence-electron chi connectivity index (χ0n) is 15.0. The molecule has 0 fully saturated rings. The SMILES string of the molecule is Cc1c(C(=O)Oc2ccccc2-c2nc3ccccc3s2)oc2ccccc12. The van der Waals surface area contributed by atoms with Crippen LogP contribution in [0.25, 0.3) is 31.8 Å². The van der Waals surface area contributed by atoms with E-state index in [1.165, 1.54) is 0 Å². The first-order chi connectivity index (χ1) is 13.7. The van der Waals surface area contributed by atoms with Gasteiger partial charge in [-0.3, -0.25) is 0 Å². The first kappa shape index (κ1) is 16.7. The number of benzene rings is 3. The zero-order valence-corrected chi connectivity index (χ0v) is 15.8. The molecule has 0 radical (unpaired) electrons. The standard InChI is InChI=1S/C23H15NO3S/c1-14-15-8-2-5-11-18(15)26-21(14)23(25)27-19-12-6-3-9-16(19)22-24-17-10-4-7-13-20(17)28-22/h2-13H,1H3. The number of ether oxygens (including phenoxy) is 1. The first-order valence-corrected chi connectivity index (χ1v) is 9.67. The number of para-hydroxylation sites is 3. The number of esters is 1. The van der Waals surface area contributed by atoms with E-state index >= 15 is 0 Å². The fourth-order valence-corrected chi connectivity index (χ4v) is 4.23. The smallest absolute Gasteiger partial charge is 0.379 e. The summed E-state index contributed by atoms with van der Waals surface area (Å²) in [5.74, 6) is 0.175. The Morgan fingerprint density at radius 1 is 0.964 bits per heavy atom. The third-order valence-electron chi connectivity index (χ3n) is 4.64. The van der Waals surface area contributed by atoms with Gasteiger partial charge in [0.25, 0.3) is 0 Å². The molecule has 0 saturated heterocycles. The highest BCUT2D eigenvalue weighted by molar-refractivity contribution is 7.21. The van der Waals surface area contributed by atoms with Gasteiger partial charge in [0.05, 0.1) is 15.8 Å². The van der Waals surface area contributed by atoms with Crippen LogP contribution in [0.15, 0.2) is 77.2 Å². The van der Waals surface area contributed by atoms with Gasteiger partial charge >= 0.3 is 5.97 Å². The van der Waals surface area contributed by atoms with Gasteiger partial charge in [0.2, 0.25) is 5.76 Å². The molecular weight excluding hydrogens is 370 g/mol. The number of furan rings is 1. The van der Waals surface area contributed by atoms with Crippen LogP contribution in [0, 0.1) is 6.92 Å². The number of rotatable bonds is 3. The van der Waals surface area contributed by atoms with Crippen LogP contribution < -0.4 is 4.74 Å². The quantitative estimate of drug-likeness (QED) is 0.273. The molecule has 3 aromatic carbocycles. The first-order valence-electron chi connectivity index (χ1n) is 8.86. The fourth-order valence-electron chi connectivity index (χ4n) is 3.23. The average molecular weight is 385 g/mol. The molecule has 5 rings (SSSR count). The number of aromatic nitrogens is 1. The molecule has 0 amide bonds. The average Bonchev–Trinajstić information content (AvgIpc) is 3.30.